The Morgan fingerprint density at radius 1 is 1.37 bits per heavy atom. The lowest BCUT2D eigenvalue weighted by atomic mass is 10.1. The number of hydrogen-bond acceptors (Lipinski definition) is 6. The van der Waals surface area contributed by atoms with E-state index in [1.807, 2.05) is 24.3 Å². The van der Waals surface area contributed by atoms with Crippen molar-refractivity contribution >= 4 is 5.97 Å². The minimum Gasteiger partial charge on any atom is -0.497 e. The molecule has 100 valence electrons. The van der Waals surface area contributed by atoms with Crippen molar-refractivity contribution in [2.45, 2.75) is 12.8 Å². The van der Waals surface area contributed by atoms with Crippen LogP contribution < -0.4 is 4.74 Å². The van der Waals surface area contributed by atoms with Gasteiger partial charge in [-0.25, -0.2) is 0 Å². The molecule has 0 N–H and O–H groups in total. The first-order chi connectivity index (χ1) is 9.21. The molecule has 0 amide bonds. The number of hydrogen-bond donors (Lipinski definition) is 0. The quantitative estimate of drug-likeness (QED) is 0.758. The fourth-order valence-electron chi connectivity index (χ4n) is 1.59. The molecule has 0 saturated heterocycles. The van der Waals surface area contributed by atoms with Crippen LogP contribution in [-0.4, -0.2) is 30.3 Å². The Hall–Kier alpha value is -2.37. The lowest BCUT2D eigenvalue weighted by molar-refractivity contribution is -0.140. The molecule has 6 nitrogen and oxygen atoms in total. The molecule has 0 aliphatic rings. The normalized spacial score (nSPS) is 10.2. The van der Waals surface area contributed by atoms with Crippen LogP contribution in [0, 0.1) is 0 Å². The summed E-state index contributed by atoms with van der Waals surface area (Å²) in [7, 11) is 2.93. The van der Waals surface area contributed by atoms with Gasteiger partial charge in [-0.05, 0) is 17.7 Å². The van der Waals surface area contributed by atoms with Crippen molar-refractivity contribution in [1.82, 2.24) is 10.1 Å². The van der Waals surface area contributed by atoms with Crippen LogP contribution in [0.2, 0.25) is 0 Å². The molecule has 0 spiro atoms. The Kier molecular flexibility index (Phi) is 4.12. The van der Waals surface area contributed by atoms with Gasteiger partial charge in [0.2, 0.25) is 5.89 Å². The van der Waals surface area contributed by atoms with E-state index in [9.17, 15) is 4.79 Å². The van der Waals surface area contributed by atoms with Gasteiger partial charge in [-0.2, -0.15) is 4.98 Å². The summed E-state index contributed by atoms with van der Waals surface area (Å²) >= 11 is 0. The smallest absolute Gasteiger partial charge is 0.315 e. The Balaban J connectivity index is 2.04. The van der Waals surface area contributed by atoms with Crippen LogP contribution >= 0.6 is 0 Å². The minimum absolute atomic E-state index is 0.0123. The van der Waals surface area contributed by atoms with Crippen molar-refractivity contribution in [3.63, 3.8) is 0 Å². The molecule has 2 aromatic rings. The molecule has 0 aliphatic carbocycles. The highest BCUT2D eigenvalue weighted by atomic mass is 16.5. The number of esters is 1. The van der Waals surface area contributed by atoms with Crippen LogP contribution in [-0.2, 0) is 22.4 Å². The SMILES string of the molecule is COC(=O)Cc1nc(Cc2cccc(OC)c2)no1. The van der Waals surface area contributed by atoms with Crippen LogP contribution in [0.4, 0.5) is 0 Å². The summed E-state index contributed by atoms with van der Waals surface area (Å²) in [5, 5.41) is 3.82. The van der Waals surface area contributed by atoms with Crippen molar-refractivity contribution in [2.24, 2.45) is 0 Å². The van der Waals surface area contributed by atoms with Crippen molar-refractivity contribution in [3.8, 4) is 5.75 Å². The van der Waals surface area contributed by atoms with Gasteiger partial charge in [0, 0.05) is 6.42 Å². The molecule has 0 fully saturated rings. The molecule has 1 heterocycles. The minimum atomic E-state index is -0.406. The monoisotopic (exact) mass is 262 g/mol. The van der Waals surface area contributed by atoms with Crippen molar-refractivity contribution < 1.29 is 18.8 Å². The Labute approximate surface area is 110 Å². The van der Waals surface area contributed by atoms with E-state index >= 15 is 0 Å². The Morgan fingerprint density at radius 2 is 2.21 bits per heavy atom. The number of ether oxygens (including phenoxy) is 2. The predicted octanol–water partition coefficient (Wildman–Crippen LogP) is 1.38. The van der Waals surface area contributed by atoms with Crippen LogP contribution in [0.15, 0.2) is 28.8 Å². The fourth-order valence-corrected chi connectivity index (χ4v) is 1.59. The van der Waals surface area contributed by atoms with Crippen LogP contribution in [0.5, 0.6) is 5.75 Å². The topological polar surface area (TPSA) is 74.5 Å². The van der Waals surface area contributed by atoms with Gasteiger partial charge in [0.1, 0.15) is 12.2 Å². The lowest BCUT2D eigenvalue weighted by Gasteiger charge is -2.01. The highest BCUT2D eigenvalue weighted by Gasteiger charge is 2.11. The average Bonchev–Trinajstić information content (AvgIpc) is 2.86. The van der Waals surface area contributed by atoms with Gasteiger partial charge in [-0.3, -0.25) is 4.79 Å². The first-order valence-corrected chi connectivity index (χ1v) is 5.72. The molecular weight excluding hydrogens is 248 g/mol. The molecule has 0 radical (unpaired) electrons. The lowest BCUT2D eigenvalue weighted by Crippen LogP contribution is -2.04. The Bertz CT molecular complexity index is 565. The summed E-state index contributed by atoms with van der Waals surface area (Å²) < 4.78 is 14.6. The summed E-state index contributed by atoms with van der Waals surface area (Å²) in [4.78, 5) is 15.2. The van der Waals surface area contributed by atoms with Gasteiger partial charge in [-0.1, -0.05) is 17.3 Å². The number of rotatable bonds is 5. The molecule has 1 aromatic heterocycles. The summed E-state index contributed by atoms with van der Waals surface area (Å²) in [6, 6.07) is 7.60. The third-order valence-corrected chi connectivity index (χ3v) is 2.53. The highest BCUT2D eigenvalue weighted by molar-refractivity contribution is 5.71. The summed E-state index contributed by atoms with van der Waals surface area (Å²) in [5.41, 5.74) is 1.00. The maximum Gasteiger partial charge on any atom is 0.315 e. The number of carbonyl (C=O) groups excluding carboxylic acids is 1. The third-order valence-electron chi connectivity index (χ3n) is 2.53. The molecule has 0 unspecified atom stereocenters. The van der Waals surface area contributed by atoms with E-state index in [0.29, 0.717) is 12.2 Å². The van der Waals surface area contributed by atoms with E-state index in [4.69, 9.17) is 9.26 Å². The van der Waals surface area contributed by atoms with E-state index in [2.05, 4.69) is 14.9 Å². The second kappa shape index (κ2) is 5.99. The summed E-state index contributed by atoms with van der Waals surface area (Å²) in [6.07, 6.45) is 0.503. The molecule has 0 saturated carbocycles. The first kappa shape index (κ1) is 13.1. The van der Waals surface area contributed by atoms with Gasteiger partial charge in [0.05, 0.1) is 14.2 Å². The Morgan fingerprint density at radius 3 is 2.95 bits per heavy atom. The number of methoxy groups -OCH3 is 2. The van der Waals surface area contributed by atoms with E-state index in [-0.39, 0.29) is 12.3 Å². The molecule has 0 atom stereocenters. The number of nitrogens with zero attached hydrogens (tertiary/aromatic N) is 2. The maximum absolute atomic E-state index is 11.1. The first-order valence-electron chi connectivity index (χ1n) is 5.72. The van der Waals surface area contributed by atoms with Gasteiger partial charge in [0.25, 0.3) is 0 Å². The largest absolute Gasteiger partial charge is 0.497 e. The molecule has 1 aromatic carbocycles. The maximum atomic E-state index is 11.1. The van der Waals surface area contributed by atoms with E-state index in [1.54, 1.807) is 7.11 Å². The van der Waals surface area contributed by atoms with Crippen LogP contribution in [0.25, 0.3) is 0 Å². The van der Waals surface area contributed by atoms with Gasteiger partial charge >= 0.3 is 5.97 Å². The van der Waals surface area contributed by atoms with Crippen LogP contribution in [0.3, 0.4) is 0 Å². The molecule has 2 rings (SSSR count). The average molecular weight is 262 g/mol. The van der Waals surface area contributed by atoms with E-state index in [1.165, 1.54) is 7.11 Å². The van der Waals surface area contributed by atoms with Gasteiger partial charge < -0.3 is 14.0 Å². The van der Waals surface area contributed by atoms with Crippen LogP contribution in [0.1, 0.15) is 17.3 Å². The standard InChI is InChI=1S/C13H14N2O4/c1-17-10-5-3-4-9(6-10)7-11-14-12(19-15-11)8-13(16)18-2/h3-6H,7-8H2,1-2H3. The summed E-state index contributed by atoms with van der Waals surface area (Å²) in [6.45, 7) is 0. The van der Waals surface area contributed by atoms with Crippen molar-refractivity contribution in [2.75, 3.05) is 14.2 Å². The van der Waals surface area contributed by atoms with Gasteiger partial charge in [-0.15, -0.1) is 0 Å². The molecule has 0 bridgehead atoms. The highest BCUT2D eigenvalue weighted by Crippen LogP contribution is 2.15. The summed E-state index contributed by atoms with van der Waals surface area (Å²) in [5.74, 6) is 1.14. The molecule has 0 aliphatic heterocycles. The van der Waals surface area contributed by atoms with Crippen molar-refractivity contribution in [1.29, 1.82) is 0 Å². The zero-order valence-corrected chi connectivity index (χ0v) is 10.8. The predicted molar refractivity (Wildman–Crippen MR) is 65.8 cm³/mol. The zero-order chi connectivity index (χ0) is 13.7. The zero-order valence-electron chi connectivity index (χ0n) is 10.8. The van der Waals surface area contributed by atoms with E-state index < -0.39 is 5.97 Å². The second-order valence-electron chi connectivity index (χ2n) is 3.89. The molecular formula is C13H14N2O4. The number of carbonyl (C=O) groups is 1. The van der Waals surface area contributed by atoms with Gasteiger partial charge in [0.15, 0.2) is 5.82 Å². The number of benzene rings is 1. The molecule has 6 heteroatoms. The molecule has 19 heavy (non-hydrogen) atoms. The van der Waals surface area contributed by atoms with E-state index in [0.717, 1.165) is 11.3 Å². The fraction of sp³-hybridized carbons (Fsp3) is 0.308. The van der Waals surface area contributed by atoms with Crippen molar-refractivity contribution in [3.05, 3.63) is 41.5 Å². The second-order valence-corrected chi connectivity index (χ2v) is 3.89. The third kappa shape index (κ3) is 3.54. The number of aromatic nitrogens is 2.